The normalized spacial score (nSPS) is 30.8. The summed E-state index contributed by atoms with van der Waals surface area (Å²) in [6, 6.07) is 0. The molecule has 2 nitrogen and oxygen atoms in total. The minimum Gasteiger partial charge on any atom is -0.376 e. The molecule has 1 atom stereocenters. The van der Waals surface area contributed by atoms with E-state index < -0.39 is 0 Å². The van der Waals surface area contributed by atoms with Crippen molar-refractivity contribution >= 4 is 0 Å². The van der Waals surface area contributed by atoms with Gasteiger partial charge in [0.05, 0.1) is 26.4 Å². The second-order valence-electron chi connectivity index (χ2n) is 4.50. The molecule has 0 aromatic heterocycles. The SMILES string of the molecule is C=C/C=C/COC/C1=C/C=C2/COC[C@H]2/C=C\C1. The van der Waals surface area contributed by atoms with E-state index in [1.165, 1.54) is 11.1 Å². The van der Waals surface area contributed by atoms with Crippen LogP contribution in [0.2, 0.25) is 0 Å². The van der Waals surface area contributed by atoms with E-state index in [9.17, 15) is 0 Å². The van der Waals surface area contributed by atoms with Gasteiger partial charge in [0.1, 0.15) is 0 Å². The van der Waals surface area contributed by atoms with E-state index in [4.69, 9.17) is 9.47 Å². The maximum Gasteiger partial charge on any atom is 0.0687 e. The van der Waals surface area contributed by atoms with Crippen molar-refractivity contribution in [3.8, 4) is 0 Å². The fourth-order valence-corrected chi connectivity index (χ4v) is 2.06. The highest BCUT2D eigenvalue weighted by molar-refractivity contribution is 5.28. The highest BCUT2D eigenvalue weighted by Gasteiger charge is 2.18. The number of hydrogen-bond acceptors (Lipinski definition) is 2. The fraction of sp³-hybridized carbons (Fsp3) is 0.375. The lowest BCUT2D eigenvalue weighted by molar-refractivity contribution is 0.185. The molecule has 0 saturated carbocycles. The number of ether oxygens (including phenoxy) is 2. The third-order valence-corrected chi connectivity index (χ3v) is 3.10. The lowest BCUT2D eigenvalue weighted by atomic mass is 9.98. The van der Waals surface area contributed by atoms with Crippen LogP contribution in [0.1, 0.15) is 6.42 Å². The lowest BCUT2D eigenvalue weighted by Gasteiger charge is -2.09. The van der Waals surface area contributed by atoms with E-state index in [1.54, 1.807) is 6.08 Å². The van der Waals surface area contributed by atoms with Crippen molar-refractivity contribution in [2.75, 3.05) is 26.4 Å². The predicted molar refractivity (Wildman–Crippen MR) is 74.4 cm³/mol. The van der Waals surface area contributed by atoms with Gasteiger partial charge in [0.25, 0.3) is 0 Å². The van der Waals surface area contributed by atoms with Gasteiger partial charge in [-0.05, 0) is 17.6 Å². The Labute approximate surface area is 109 Å². The topological polar surface area (TPSA) is 18.5 Å². The minimum atomic E-state index is 0.485. The quantitative estimate of drug-likeness (QED) is 0.420. The Bertz CT molecular complexity index is 399. The van der Waals surface area contributed by atoms with Gasteiger partial charge >= 0.3 is 0 Å². The summed E-state index contributed by atoms with van der Waals surface area (Å²) in [7, 11) is 0. The van der Waals surface area contributed by atoms with Crippen LogP contribution in [0.25, 0.3) is 0 Å². The molecular formula is C16H20O2. The fourth-order valence-electron chi connectivity index (χ4n) is 2.06. The maximum absolute atomic E-state index is 5.59. The summed E-state index contributed by atoms with van der Waals surface area (Å²) in [6.07, 6.45) is 15.4. The molecule has 18 heavy (non-hydrogen) atoms. The third kappa shape index (κ3) is 3.83. The van der Waals surface area contributed by atoms with Gasteiger partial charge in [-0.25, -0.2) is 0 Å². The molecule has 0 N–H and O–H groups in total. The third-order valence-electron chi connectivity index (χ3n) is 3.10. The zero-order valence-corrected chi connectivity index (χ0v) is 10.7. The van der Waals surface area contributed by atoms with E-state index in [2.05, 4.69) is 30.9 Å². The molecule has 1 fully saturated rings. The van der Waals surface area contributed by atoms with E-state index in [0.717, 1.165) is 19.6 Å². The van der Waals surface area contributed by atoms with Gasteiger partial charge in [-0.1, -0.05) is 49.1 Å². The molecule has 0 aromatic rings. The largest absolute Gasteiger partial charge is 0.376 e. The molecule has 2 rings (SSSR count). The first kappa shape index (κ1) is 13.1. The number of allylic oxidation sites excluding steroid dienone is 5. The standard InChI is InChI=1S/C16H20O2/c1-2-3-4-10-17-11-14-6-5-7-15-12-18-13-16(15)9-8-14/h2-5,7-9,15H,1,6,10-13H2/b4-3+,7-5-,14-8+,16-9-/t15-/m1/s1. The predicted octanol–water partition coefficient (Wildman–Crippen LogP) is 3.20. The molecule has 0 spiro atoms. The average Bonchev–Trinajstić information content (AvgIpc) is 2.78. The van der Waals surface area contributed by atoms with E-state index >= 15 is 0 Å². The van der Waals surface area contributed by atoms with Crippen molar-refractivity contribution < 1.29 is 9.47 Å². The van der Waals surface area contributed by atoms with Crippen LogP contribution in [0.15, 0.2) is 60.3 Å². The van der Waals surface area contributed by atoms with Gasteiger partial charge in [0.15, 0.2) is 0 Å². The molecule has 0 aromatic carbocycles. The van der Waals surface area contributed by atoms with Crippen LogP contribution in [0, 0.1) is 5.92 Å². The van der Waals surface area contributed by atoms with Gasteiger partial charge in [0, 0.05) is 5.92 Å². The first-order valence-electron chi connectivity index (χ1n) is 6.38. The zero-order valence-electron chi connectivity index (χ0n) is 10.7. The van der Waals surface area contributed by atoms with Crippen molar-refractivity contribution in [3.05, 3.63) is 60.3 Å². The zero-order chi connectivity index (χ0) is 12.6. The van der Waals surface area contributed by atoms with Crippen molar-refractivity contribution in [2.45, 2.75) is 6.42 Å². The second-order valence-corrected chi connectivity index (χ2v) is 4.50. The van der Waals surface area contributed by atoms with Crippen LogP contribution in [0.3, 0.4) is 0 Å². The molecule has 0 radical (unpaired) electrons. The Hall–Kier alpha value is -1.38. The smallest absolute Gasteiger partial charge is 0.0687 e. The van der Waals surface area contributed by atoms with Crippen molar-refractivity contribution in [3.63, 3.8) is 0 Å². The van der Waals surface area contributed by atoms with Crippen molar-refractivity contribution in [1.29, 1.82) is 0 Å². The van der Waals surface area contributed by atoms with Gasteiger partial charge in [-0.2, -0.15) is 0 Å². The summed E-state index contributed by atoms with van der Waals surface area (Å²) < 4.78 is 11.1. The molecule has 1 saturated heterocycles. The Morgan fingerprint density at radius 3 is 3.28 bits per heavy atom. The van der Waals surface area contributed by atoms with Crippen molar-refractivity contribution in [2.24, 2.45) is 5.92 Å². The molecule has 96 valence electrons. The summed E-state index contributed by atoms with van der Waals surface area (Å²) in [5, 5.41) is 0. The van der Waals surface area contributed by atoms with Gasteiger partial charge in [-0.15, -0.1) is 0 Å². The van der Waals surface area contributed by atoms with E-state index in [1.807, 2.05) is 12.2 Å². The summed E-state index contributed by atoms with van der Waals surface area (Å²) >= 11 is 0. The maximum atomic E-state index is 5.59. The molecule has 0 unspecified atom stereocenters. The highest BCUT2D eigenvalue weighted by atomic mass is 16.5. The Balaban J connectivity index is 1.87. The van der Waals surface area contributed by atoms with Gasteiger partial charge < -0.3 is 9.47 Å². The summed E-state index contributed by atoms with van der Waals surface area (Å²) in [6.45, 7) is 6.53. The summed E-state index contributed by atoms with van der Waals surface area (Å²) in [5.74, 6) is 0.485. The minimum absolute atomic E-state index is 0.485. The molecule has 1 aliphatic heterocycles. The summed E-state index contributed by atoms with van der Waals surface area (Å²) in [5.41, 5.74) is 2.67. The first-order chi connectivity index (χ1) is 8.90. The van der Waals surface area contributed by atoms with E-state index in [-0.39, 0.29) is 0 Å². The molecule has 0 amide bonds. The Kier molecular flexibility index (Phi) is 5.18. The number of fused-ring (bicyclic) bond motifs is 1. The van der Waals surface area contributed by atoms with E-state index in [0.29, 0.717) is 19.1 Å². The molecule has 2 heteroatoms. The lowest BCUT2D eigenvalue weighted by Crippen LogP contribution is -2.02. The second kappa shape index (κ2) is 7.14. The molecule has 1 heterocycles. The van der Waals surface area contributed by atoms with Crippen LogP contribution in [0.4, 0.5) is 0 Å². The van der Waals surface area contributed by atoms with Crippen LogP contribution in [0.5, 0.6) is 0 Å². The van der Waals surface area contributed by atoms with Crippen LogP contribution >= 0.6 is 0 Å². The summed E-state index contributed by atoms with van der Waals surface area (Å²) in [4.78, 5) is 0. The van der Waals surface area contributed by atoms with Gasteiger partial charge in [0.2, 0.25) is 0 Å². The monoisotopic (exact) mass is 244 g/mol. The molecular weight excluding hydrogens is 224 g/mol. The van der Waals surface area contributed by atoms with Crippen LogP contribution in [-0.2, 0) is 9.47 Å². The molecule has 0 bridgehead atoms. The Morgan fingerprint density at radius 2 is 2.39 bits per heavy atom. The van der Waals surface area contributed by atoms with Gasteiger partial charge in [-0.3, -0.25) is 0 Å². The molecule has 2 aliphatic rings. The van der Waals surface area contributed by atoms with Crippen LogP contribution < -0.4 is 0 Å². The number of hydrogen-bond donors (Lipinski definition) is 0. The molecule has 1 aliphatic carbocycles. The number of rotatable bonds is 5. The first-order valence-corrected chi connectivity index (χ1v) is 6.38. The highest BCUT2D eigenvalue weighted by Crippen LogP contribution is 2.24. The van der Waals surface area contributed by atoms with Crippen LogP contribution in [-0.4, -0.2) is 26.4 Å². The Morgan fingerprint density at radius 1 is 1.44 bits per heavy atom. The van der Waals surface area contributed by atoms with Crippen molar-refractivity contribution in [1.82, 2.24) is 0 Å². The average molecular weight is 244 g/mol.